The van der Waals surface area contributed by atoms with Gasteiger partial charge < -0.3 is 4.74 Å². The minimum absolute atomic E-state index is 0.0197. The van der Waals surface area contributed by atoms with E-state index in [1.165, 1.54) is 25.4 Å². The first-order valence-electron chi connectivity index (χ1n) is 6.92. The second kappa shape index (κ2) is 8.09. The number of ether oxygens (including phenoxy) is 1. The molecule has 1 amide bonds. The number of amides is 1. The van der Waals surface area contributed by atoms with Gasteiger partial charge in [0.05, 0.1) is 19.3 Å². The fraction of sp³-hybridized carbons (Fsp3) is 0.643. The highest BCUT2D eigenvalue weighted by Gasteiger charge is 2.18. The Hall–Kier alpha value is -1.47. The Morgan fingerprint density at radius 2 is 2.10 bits per heavy atom. The van der Waals surface area contributed by atoms with Crippen molar-refractivity contribution >= 4 is 28.3 Å². The summed E-state index contributed by atoms with van der Waals surface area (Å²) in [4.78, 5) is 31.1. The second-order valence-corrected chi connectivity index (χ2v) is 5.80. The number of methoxy groups -OCH3 is 1. The van der Waals surface area contributed by atoms with E-state index in [1.54, 1.807) is 4.90 Å². The topological polar surface area (TPSA) is 62.7 Å². The SMILES string of the molecule is CCN(C(C)=O)c1nc(CN(CC(=O)OC)C(C)C)cs1. The number of thiazole rings is 1. The van der Waals surface area contributed by atoms with Gasteiger partial charge in [-0.2, -0.15) is 0 Å². The molecule has 0 atom stereocenters. The van der Waals surface area contributed by atoms with Crippen molar-refractivity contribution in [2.24, 2.45) is 0 Å². The lowest BCUT2D eigenvalue weighted by atomic mass is 10.3. The molecule has 0 N–H and O–H groups in total. The van der Waals surface area contributed by atoms with Crippen LogP contribution in [0, 0.1) is 0 Å². The van der Waals surface area contributed by atoms with Crippen molar-refractivity contribution in [1.82, 2.24) is 9.88 Å². The number of hydrogen-bond donors (Lipinski definition) is 0. The number of aromatic nitrogens is 1. The second-order valence-electron chi connectivity index (χ2n) is 4.96. The van der Waals surface area contributed by atoms with Gasteiger partial charge in [-0.05, 0) is 20.8 Å². The zero-order chi connectivity index (χ0) is 16.0. The van der Waals surface area contributed by atoms with E-state index < -0.39 is 0 Å². The summed E-state index contributed by atoms with van der Waals surface area (Å²) in [5, 5.41) is 2.62. The lowest BCUT2D eigenvalue weighted by Crippen LogP contribution is -2.35. The van der Waals surface area contributed by atoms with E-state index in [0.29, 0.717) is 18.2 Å². The standard InChI is InChI=1S/C14H23N3O3S/c1-6-17(11(4)18)14-15-12(9-21-14)7-16(10(2)3)8-13(19)20-5/h9-10H,6-8H2,1-5H3. The smallest absolute Gasteiger partial charge is 0.319 e. The fourth-order valence-corrected chi connectivity index (χ4v) is 2.77. The highest BCUT2D eigenvalue weighted by Crippen LogP contribution is 2.22. The van der Waals surface area contributed by atoms with Crippen LogP contribution in [0.25, 0.3) is 0 Å². The van der Waals surface area contributed by atoms with E-state index in [2.05, 4.69) is 4.98 Å². The van der Waals surface area contributed by atoms with Crippen LogP contribution < -0.4 is 4.90 Å². The molecule has 0 aromatic carbocycles. The third-order valence-electron chi connectivity index (χ3n) is 3.12. The van der Waals surface area contributed by atoms with Crippen molar-refractivity contribution in [2.75, 3.05) is 25.1 Å². The van der Waals surface area contributed by atoms with E-state index in [-0.39, 0.29) is 24.5 Å². The maximum Gasteiger partial charge on any atom is 0.319 e. The van der Waals surface area contributed by atoms with Crippen LogP contribution in [0.15, 0.2) is 5.38 Å². The van der Waals surface area contributed by atoms with Crippen LogP contribution in [0.1, 0.15) is 33.4 Å². The molecule has 1 rings (SSSR count). The van der Waals surface area contributed by atoms with Crippen molar-refractivity contribution in [3.63, 3.8) is 0 Å². The summed E-state index contributed by atoms with van der Waals surface area (Å²) >= 11 is 1.44. The zero-order valence-electron chi connectivity index (χ0n) is 13.3. The molecule has 118 valence electrons. The average Bonchev–Trinajstić information content (AvgIpc) is 2.86. The van der Waals surface area contributed by atoms with Crippen LogP contribution in [-0.4, -0.2) is 48.0 Å². The van der Waals surface area contributed by atoms with Crippen LogP contribution in [0.3, 0.4) is 0 Å². The minimum Gasteiger partial charge on any atom is -0.468 e. The Kier molecular flexibility index (Phi) is 6.77. The van der Waals surface area contributed by atoms with E-state index in [0.717, 1.165) is 5.69 Å². The van der Waals surface area contributed by atoms with Gasteiger partial charge in [0.1, 0.15) is 0 Å². The number of anilines is 1. The monoisotopic (exact) mass is 313 g/mol. The maximum absolute atomic E-state index is 11.5. The molecule has 21 heavy (non-hydrogen) atoms. The normalized spacial score (nSPS) is 11.0. The number of carbonyl (C=O) groups is 2. The van der Waals surface area contributed by atoms with Crippen molar-refractivity contribution in [1.29, 1.82) is 0 Å². The van der Waals surface area contributed by atoms with E-state index in [1.807, 2.05) is 31.1 Å². The Morgan fingerprint density at radius 3 is 2.57 bits per heavy atom. The molecule has 0 unspecified atom stereocenters. The highest BCUT2D eigenvalue weighted by molar-refractivity contribution is 7.14. The summed E-state index contributed by atoms with van der Waals surface area (Å²) in [6.07, 6.45) is 0. The van der Waals surface area contributed by atoms with Gasteiger partial charge in [-0.3, -0.25) is 19.4 Å². The molecule has 7 heteroatoms. The number of nitrogens with zero attached hydrogens (tertiary/aromatic N) is 3. The molecule has 0 aliphatic heterocycles. The summed E-state index contributed by atoms with van der Waals surface area (Å²) in [5.74, 6) is -0.285. The number of carbonyl (C=O) groups excluding carboxylic acids is 2. The van der Waals surface area contributed by atoms with Gasteiger partial charge in [0.15, 0.2) is 5.13 Å². The van der Waals surface area contributed by atoms with Gasteiger partial charge >= 0.3 is 5.97 Å². The lowest BCUT2D eigenvalue weighted by Gasteiger charge is -2.24. The molecule has 0 aliphatic rings. The summed E-state index contributed by atoms with van der Waals surface area (Å²) in [7, 11) is 1.38. The van der Waals surface area contributed by atoms with Gasteiger partial charge in [0.2, 0.25) is 5.91 Å². The molecule has 0 spiro atoms. The maximum atomic E-state index is 11.5. The molecule has 0 saturated heterocycles. The van der Waals surface area contributed by atoms with Crippen molar-refractivity contribution < 1.29 is 14.3 Å². The molecule has 1 aromatic heterocycles. The molecule has 0 fully saturated rings. The van der Waals surface area contributed by atoms with E-state index in [4.69, 9.17) is 4.74 Å². The van der Waals surface area contributed by atoms with Gasteiger partial charge in [0.25, 0.3) is 0 Å². The molecule has 6 nitrogen and oxygen atoms in total. The largest absolute Gasteiger partial charge is 0.468 e. The Labute approximate surface area is 129 Å². The number of rotatable bonds is 7. The molecular formula is C14H23N3O3S. The molecular weight excluding hydrogens is 290 g/mol. The van der Waals surface area contributed by atoms with Crippen LogP contribution in [0.4, 0.5) is 5.13 Å². The van der Waals surface area contributed by atoms with E-state index in [9.17, 15) is 9.59 Å². The molecule has 1 aromatic rings. The third kappa shape index (κ3) is 5.09. The van der Waals surface area contributed by atoms with Gasteiger partial charge in [0, 0.05) is 31.4 Å². The first-order chi connectivity index (χ1) is 9.88. The Morgan fingerprint density at radius 1 is 1.43 bits per heavy atom. The zero-order valence-corrected chi connectivity index (χ0v) is 14.1. The third-order valence-corrected chi connectivity index (χ3v) is 4.03. The number of esters is 1. The summed E-state index contributed by atoms with van der Waals surface area (Å²) in [5.41, 5.74) is 0.854. The molecule has 0 bridgehead atoms. The molecule has 0 saturated carbocycles. The number of hydrogen-bond acceptors (Lipinski definition) is 6. The summed E-state index contributed by atoms with van der Waals surface area (Å²) in [6.45, 7) is 8.86. The van der Waals surface area contributed by atoms with Crippen LogP contribution in [0.2, 0.25) is 0 Å². The van der Waals surface area contributed by atoms with Crippen LogP contribution >= 0.6 is 11.3 Å². The fourth-order valence-electron chi connectivity index (χ4n) is 1.84. The molecule has 0 aliphatic carbocycles. The van der Waals surface area contributed by atoms with Crippen molar-refractivity contribution in [3.05, 3.63) is 11.1 Å². The van der Waals surface area contributed by atoms with Gasteiger partial charge in [-0.25, -0.2) is 4.98 Å². The van der Waals surface area contributed by atoms with Gasteiger partial charge in [-0.15, -0.1) is 11.3 Å². The minimum atomic E-state index is -0.266. The predicted octanol–water partition coefficient (Wildman–Crippen LogP) is 1.90. The van der Waals surface area contributed by atoms with E-state index >= 15 is 0 Å². The quantitative estimate of drug-likeness (QED) is 0.720. The molecule has 1 heterocycles. The first kappa shape index (κ1) is 17.6. The lowest BCUT2D eigenvalue weighted by molar-refractivity contribution is -0.142. The first-order valence-corrected chi connectivity index (χ1v) is 7.80. The predicted molar refractivity (Wildman–Crippen MR) is 83.4 cm³/mol. The van der Waals surface area contributed by atoms with Crippen molar-refractivity contribution in [3.8, 4) is 0 Å². The summed E-state index contributed by atoms with van der Waals surface area (Å²) in [6, 6.07) is 0.198. The Balaban J connectivity index is 2.79. The van der Waals surface area contributed by atoms with Gasteiger partial charge in [-0.1, -0.05) is 0 Å². The van der Waals surface area contributed by atoms with Crippen LogP contribution in [0.5, 0.6) is 0 Å². The summed E-state index contributed by atoms with van der Waals surface area (Å²) < 4.78 is 4.71. The van der Waals surface area contributed by atoms with Crippen molar-refractivity contribution in [2.45, 2.75) is 40.3 Å². The van der Waals surface area contributed by atoms with Crippen LogP contribution in [-0.2, 0) is 20.9 Å². The molecule has 0 radical (unpaired) electrons. The highest BCUT2D eigenvalue weighted by atomic mass is 32.1. The Bertz CT molecular complexity index is 488. The average molecular weight is 313 g/mol.